The van der Waals surface area contributed by atoms with Gasteiger partial charge in [0, 0.05) is 25.7 Å². The van der Waals surface area contributed by atoms with Gasteiger partial charge < -0.3 is 15.2 Å². The van der Waals surface area contributed by atoms with Gasteiger partial charge >= 0.3 is 5.97 Å². The third-order valence-electron chi connectivity index (χ3n) is 4.83. The maximum atomic E-state index is 11.8. The molecule has 0 aromatic heterocycles. The summed E-state index contributed by atoms with van der Waals surface area (Å²) in [6.07, 6.45) is 4.52. The Kier molecular flexibility index (Phi) is 7.63. The lowest BCUT2D eigenvalue weighted by Crippen LogP contribution is -2.59. The summed E-state index contributed by atoms with van der Waals surface area (Å²) in [6, 6.07) is 0.773. The fourth-order valence-electron chi connectivity index (χ4n) is 3.49. The van der Waals surface area contributed by atoms with Crippen LogP contribution in [0, 0.1) is 0 Å². The minimum atomic E-state index is -0.754. The van der Waals surface area contributed by atoms with Crippen molar-refractivity contribution in [3.05, 3.63) is 0 Å². The van der Waals surface area contributed by atoms with Crippen LogP contribution >= 0.6 is 0 Å². The van der Waals surface area contributed by atoms with E-state index < -0.39 is 11.5 Å². The fraction of sp³-hybridized carbons (Fsp3) is 0.938. The summed E-state index contributed by atoms with van der Waals surface area (Å²) in [4.78, 5) is 14.2. The smallest absolute Gasteiger partial charge is 0.323 e. The number of aliphatic carboxylic acids is 1. The zero-order chi connectivity index (χ0) is 15.9. The number of nitrogens with zero attached hydrogens (tertiary/aromatic N) is 1. The van der Waals surface area contributed by atoms with Gasteiger partial charge in [-0.2, -0.15) is 0 Å². The molecule has 0 aliphatic heterocycles. The monoisotopic (exact) mass is 300 g/mol. The molecule has 5 nitrogen and oxygen atoms in total. The molecular formula is C16H32N2O3. The van der Waals surface area contributed by atoms with Crippen LogP contribution in [0.2, 0.25) is 0 Å². The number of likely N-dealkylation sites (N-methyl/N-ethyl adjacent to an activating group) is 1. The van der Waals surface area contributed by atoms with Gasteiger partial charge in [-0.25, -0.2) is 0 Å². The van der Waals surface area contributed by atoms with Crippen LogP contribution in [0.1, 0.15) is 52.9 Å². The van der Waals surface area contributed by atoms with Gasteiger partial charge in [0.15, 0.2) is 0 Å². The van der Waals surface area contributed by atoms with Crippen molar-refractivity contribution in [2.24, 2.45) is 0 Å². The van der Waals surface area contributed by atoms with E-state index in [1.54, 1.807) is 7.11 Å². The van der Waals surface area contributed by atoms with Gasteiger partial charge in [0.05, 0.1) is 6.61 Å². The Morgan fingerprint density at radius 3 is 2.76 bits per heavy atom. The maximum Gasteiger partial charge on any atom is 0.323 e. The zero-order valence-electron chi connectivity index (χ0n) is 14.0. The van der Waals surface area contributed by atoms with Crippen molar-refractivity contribution in [3.8, 4) is 0 Å². The van der Waals surface area contributed by atoms with Crippen LogP contribution < -0.4 is 5.32 Å². The molecule has 1 fully saturated rings. The summed E-state index contributed by atoms with van der Waals surface area (Å²) in [5.41, 5.74) is -0.754. The molecule has 0 heterocycles. The standard InChI is InChI=1S/C16H32N2O3/c1-5-13(3)18(10-11-21-4)14-8-7-9-16(12-14,15(19)20)17-6-2/h13-14,17H,5-12H2,1-4H3,(H,19,20). The first-order valence-corrected chi connectivity index (χ1v) is 8.23. The molecule has 0 bridgehead atoms. The number of rotatable bonds is 9. The van der Waals surface area contributed by atoms with Gasteiger partial charge in [-0.05, 0) is 45.6 Å². The van der Waals surface area contributed by atoms with Gasteiger partial charge in [-0.1, -0.05) is 13.8 Å². The van der Waals surface area contributed by atoms with Crippen LogP contribution in [0.25, 0.3) is 0 Å². The lowest BCUT2D eigenvalue weighted by Gasteiger charge is -2.44. The van der Waals surface area contributed by atoms with Crippen molar-refractivity contribution in [3.63, 3.8) is 0 Å². The Labute approximate surface area is 129 Å². The number of hydrogen-bond donors (Lipinski definition) is 2. The van der Waals surface area contributed by atoms with Crippen molar-refractivity contribution in [1.29, 1.82) is 0 Å². The van der Waals surface area contributed by atoms with Gasteiger partial charge in [0.2, 0.25) is 0 Å². The Bertz CT molecular complexity index is 321. The van der Waals surface area contributed by atoms with Crippen LogP contribution in [0.3, 0.4) is 0 Å². The van der Waals surface area contributed by atoms with Gasteiger partial charge in [-0.15, -0.1) is 0 Å². The molecular weight excluding hydrogens is 268 g/mol. The number of methoxy groups -OCH3 is 1. The second-order valence-electron chi connectivity index (χ2n) is 6.16. The van der Waals surface area contributed by atoms with Gasteiger partial charge in [-0.3, -0.25) is 9.69 Å². The van der Waals surface area contributed by atoms with E-state index in [0.717, 1.165) is 32.2 Å². The molecule has 21 heavy (non-hydrogen) atoms. The van der Waals surface area contributed by atoms with Crippen molar-refractivity contribution in [2.45, 2.75) is 70.5 Å². The average Bonchev–Trinajstić information content (AvgIpc) is 2.47. The van der Waals surface area contributed by atoms with Crippen molar-refractivity contribution < 1.29 is 14.6 Å². The highest BCUT2D eigenvalue weighted by Crippen LogP contribution is 2.32. The van der Waals surface area contributed by atoms with E-state index in [-0.39, 0.29) is 0 Å². The summed E-state index contributed by atoms with van der Waals surface area (Å²) >= 11 is 0. The molecule has 2 N–H and O–H groups in total. The predicted octanol–water partition coefficient (Wildman–Crippen LogP) is 2.11. The molecule has 0 amide bonds. The fourth-order valence-corrected chi connectivity index (χ4v) is 3.49. The minimum Gasteiger partial charge on any atom is -0.480 e. The van der Waals surface area contributed by atoms with Crippen molar-refractivity contribution >= 4 is 5.97 Å². The average molecular weight is 300 g/mol. The summed E-state index contributed by atoms with van der Waals surface area (Å²) in [7, 11) is 1.72. The number of hydrogen-bond acceptors (Lipinski definition) is 4. The normalized spacial score (nSPS) is 27.8. The van der Waals surface area contributed by atoms with E-state index in [2.05, 4.69) is 24.1 Å². The molecule has 0 saturated heterocycles. The predicted molar refractivity (Wildman–Crippen MR) is 84.6 cm³/mol. The molecule has 0 aromatic rings. The van der Waals surface area contributed by atoms with E-state index in [9.17, 15) is 9.90 Å². The van der Waals surface area contributed by atoms with Crippen LogP contribution in [0.5, 0.6) is 0 Å². The van der Waals surface area contributed by atoms with Crippen LogP contribution in [0.4, 0.5) is 0 Å². The molecule has 1 aliphatic rings. The van der Waals surface area contributed by atoms with Crippen LogP contribution in [-0.2, 0) is 9.53 Å². The highest BCUT2D eigenvalue weighted by Gasteiger charge is 2.44. The Morgan fingerprint density at radius 2 is 2.24 bits per heavy atom. The first kappa shape index (κ1) is 18.4. The van der Waals surface area contributed by atoms with Gasteiger partial charge in [0.1, 0.15) is 5.54 Å². The SMILES string of the molecule is CCNC1(C(=O)O)CCCC(N(CCOC)C(C)CC)C1. The molecule has 5 heteroatoms. The number of ether oxygens (including phenoxy) is 1. The van der Waals surface area contributed by atoms with E-state index in [1.807, 2.05) is 6.92 Å². The van der Waals surface area contributed by atoms with E-state index >= 15 is 0 Å². The quantitative estimate of drug-likeness (QED) is 0.683. The van der Waals surface area contributed by atoms with E-state index in [4.69, 9.17) is 4.74 Å². The number of nitrogens with one attached hydrogen (secondary N) is 1. The zero-order valence-corrected chi connectivity index (χ0v) is 14.0. The summed E-state index contributed by atoms with van der Waals surface area (Å²) in [5, 5.41) is 12.9. The molecule has 0 spiro atoms. The second kappa shape index (κ2) is 8.71. The Morgan fingerprint density at radius 1 is 1.52 bits per heavy atom. The third kappa shape index (κ3) is 4.66. The van der Waals surface area contributed by atoms with Crippen molar-refractivity contribution in [1.82, 2.24) is 10.2 Å². The molecule has 3 atom stereocenters. The maximum absolute atomic E-state index is 11.8. The number of carbonyl (C=O) groups is 1. The molecule has 1 aliphatic carbocycles. The van der Waals surface area contributed by atoms with Crippen molar-refractivity contribution in [2.75, 3.05) is 26.8 Å². The van der Waals surface area contributed by atoms with Crippen LogP contribution in [-0.4, -0.2) is 60.4 Å². The largest absolute Gasteiger partial charge is 0.480 e. The lowest BCUT2D eigenvalue weighted by molar-refractivity contribution is -0.147. The summed E-state index contributed by atoms with van der Waals surface area (Å²) in [5.74, 6) is -0.704. The molecule has 1 saturated carbocycles. The lowest BCUT2D eigenvalue weighted by atomic mass is 9.78. The first-order valence-electron chi connectivity index (χ1n) is 8.23. The Balaban J connectivity index is 2.85. The summed E-state index contributed by atoms with van der Waals surface area (Å²) in [6.45, 7) is 8.65. The van der Waals surface area contributed by atoms with Crippen LogP contribution in [0.15, 0.2) is 0 Å². The number of carboxylic acid groups (broad SMARTS) is 1. The number of carboxylic acids is 1. The third-order valence-corrected chi connectivity index (χ3v) is 4.83. The molecule has 3 unspecified atom stereocenters. The van der Waals surface area contributed by atoms with E-state index in [1.165, 1.54) is 0 Å². The molecule has 124 valence electrons. The molecule has 0 radical (unpaired) electrons. The topological polar surface area (TPSA) is 61.8 Å². The highest BCUT2D eigenvalue weighted by atomic mass is 16.5. The Hall–Kier alpha value is -0.650. The highest BCUT2D eigenvalue weighted by molar-refractivity contribution is 5.79. The molecule has 0 aromatic carbocycles. The van der Waals surface area contributed by atoms with Gasteiger partial charge in [0.25, 0.3) is 0 Å². The summed E-state index contributed by atoms with van der Waals surface area (Å²) < 4.78 is 5.23. The van der Waals surface area contributed by atoms with E-state index in [0.29, 0.717) is 31.7 Å². The second-order valence-corrected chi connectivity index (χ2v) is 6.16. The minimum absolute atomic E-state index is 0.319. The first-order chi connectivity index (χ1) is 10.0. The molecule has 1 rings (SSSR count).